The molecule has 4 rings (SSSR count). The summed E-state index contributed by atoms with van der Waals surface area (Å²) < 4.78 is 0. The number of hydrogen-bond acceptors (Lipinski definition) is 2. The number of Topliss-reactive ketones (excluding diaryl/α,β-unsaturated/α-hetero) is 1. The minimum Gasteiger partial charge on any atom is -0.393 e. The van der Waals surface area contributed by atoms with Crippen LogP contribution in [-0.4, -0.2) is 22.3 Å². The Kier molecular flexibility index (Phi) is 4.44. The van der Waals surface area contributed by atoms with Gasteiger partial charge in [0.05, 0.1) is 11.4 Å². The number of aliphatic hydroxyl groups is 1. The monoisotopic (exact) mass is 396 g/mol. The van der Waals surface area contributed by atoms with Gasteiger partial charge < -0.3 is 5.11 Å². The van der Waals surface area contributed by atoms with Gasteiger partial charge in [0.2, 0.25) is 0 Å². The van der Waals surface area contributed by atoms with Gasteiger partial charge in [-0.1, -0.05) is 29.8 Å². The molecule has 8 atom stereocenters. The number of ketones is 1. The second kappa shape index (κ2) is 6.08. The Labute approximate surface area is 155 Å². The van der Waals surface area contributed by atoms with Gasteiger partial charge in [-0.15, -0.1) is 0 Å². The number of carbonyl (C=O) groups is 1. The van der Waals surface area contributed by atoms with E-state index in [1.165, 1.54) is 38.5 Å². The Morgan fingerprint density at radius 3 is 2.46 bits per heavy atom. The first-order valence-electron chi connectivity index (χ1n) is 10.2. The Morgan fingerprint density at radius 2 is 1.71 bits per heavy atom. The van der Waals surface area contributed by atoms with Crippen molar-refractivity contribution >= 4 is 21.7 Å². The van der Waals surface area contributed by atoms with E-state index in [0.29, 0.717) is 22.4 Å². The number of halogens is 1. The Bertz CT molecular complexity index is 520. The summed E-state index contributed by atoms with van der Waals surface area (Å²) in [6.45, 7) is 4.98. The van der Waals surface area contributed by atoms with Crippen LogP contribution in [0.2, 0.25) is 0 Å². The number of fused-ring (bicyclic) bond motifs is 5. The molecule has 4 aliphatic rings. The zero-order valence-corrected chi connectivity index (χ0v) is 16.9. The maximum Gasteiger partial charge on any atom is 0.147 e. The third-order valence-corrected chi connectivity index (χ3v) is 9.71. The fourth-order valence-corrected chi connectivity index (χ4v) is 8.25. The molecule has 3 heteroatoms. The molecule has 0 bridgehead atoms. The molecule has 0 saturated heterocycles. The molecule has 1 N–H and O–H groups in total. The van der Waals surface area contributed by atoms with E-state index >= 15 is 0 Å². The number of carbonyl (C=O) groups excluding carboxylic acids is 1. The third kappa shape index (κ3) is 2.40. The van der Waals surface area contributed by atoms with Crippen LogP contribution in [0.1, 0.15) is 71.6 Å². The van der Waals surface area contributed by atoms with Gasteiger partial charge >= 0.3 is 0 Å². The van der Waals surface area contributed by atoms with Crippen LogP contribution in [-0.2, 0) is 4.79 Å². The highest BCUT2D eigenvalue weighted by Gasteiger charge is 2.60. The lowest BCUT2D eigenvalue weighted by Crippen LogP contribution is -2.54. The zero-order valence-electron chi connectivity index (χ0n) is 15.3. The highest BCUT2D eigenvalue weighted by molar-refractivity contribution is 9.09. The minimum atomic E-state index is -0.0547. The molecule has 0 aromatic carbocycles. The summed E-state index contributed by atoms with van der Waals surface area (Å²) in [6, 6.07) is 0. The molecule has 4 fully saturated rings. The van der Waals surface area contributed by atoms with Crippen LogP contribution in [0.3, 0.4) is 0 Å². The first-order chi connectivity index (χ1) is 11.4. The van der Waals surface area contributed by atoms with E-state index in [4.69, 9.17) is 0 Å². The van der Waals surface area contributed by atoms with Gasteiger partial charge in [0.1, 0.15) is 5.78 Å². The normalized spacial score (nSPS) is 53.8. The van der Waals surface area contributed by atoms with Gasteiger partial charge in [-0.05, 0) is 92.3 Å². The minimum absolute atomic E-state index is 0.0547. The van der Waals surface area contributed by atoms with Crippen LogP contribution < -0.4 is 0 Å². The molecular weight excluding hydrogens is 364 g/mol. The molecule has 4 saturated carbocycles. The molecule has 0 unspecified atom stereocenters. The van der Waals surface area contributed by atoms with Crippen molar-refractivity contribution < 1.29 is 9.90 Å². The van der Waals surface area contributed by atoms with Gasteiger partial charge in [0, 0.05) is 5.92 Å². The van der Waals surface area contributed by atoms with Crippen molar-refractivity contribution in [2.24, 2.45) is 40.4 Å². The van der Waals surface area contributed by atoms with E-state index in [9.17, 15) is 9.90 Å². The molecule has 4 aliphatic carbocycles. The van der Waals surface area contributed by atoms with Crippen molar-refractivity contribution in [2.45, 2.75) is 77.7 Å². The second-order valence-electron chi connectivity index (χ2n) is 9.86. The lowest BCUT2D eigenvalue weighted by molar-refractivity contribution is -0.138. The molecule has 0 heterocycles. The number of alkyl halides is 1. The van der Waals surface area contributed by atoms with E-state index < -0.39 is 0 Å². The fourth-order valence-electron chi connectivity index (χ4n) is 7.86. The summed E-state index contributed by atoms with van der Waals surface area (Å²) in [4.78, 5) is 12.5. The molecule has 24 heavy (non-hydrogen) atoms. The van der Waals surface area contributed by atoms with E-state index in [1.807, 2.05) is 0 Å². The standard InChI is InChI=1S/C21H33BrO2/c1-20-9-7-14(23)11-13(20)3-4-15-16-5-6-18(19(24)12-22)21(16,2)10-8-17(15)20/h13-18,23H,3-12H2,1-2H3/t13-,14+,15-,16-,17-,18+,20-,21-/m0/s1. The molecule has 0 aromatic rings. The van der Waals surface area contributed by atoms with Gasteiger partial charge in [-0.3, -0.25) is 4.79 Å². The van der Waals surface area contributed by atoms with Crippen LogP contribution >= 0.6 is 15.9 Å². The average molecular weight is 397 g/mol. The topological polar surface area (TPSA) is 37.3 Å². The Hall–Kier alpha value is 0.110. The summed E-state index contributed by atoms with van der Waals surface area (Å²) in [5, 5.41) is 10.7. The van der Waals surface area contributed by atoms with Gasteiger partial charge in [0.15, 0.2) is 0 Å². The van der Waals surface area contributed by atoms with Crippen molar-refractivity contribution in [3.05, 3.63) is 0 Å². The highest BCUT2D eigenvalue weighted by Crippen LogP contribution is 2.67. The highest BCUT2D eigenvalue weighted by atomic mass is 79.9. The smallest absolute Gasteiger partial charge is 0.147 e. The first kappa shape index (κ1) is 17.5. The molecule has 0 spiro atoms. The zero-order chi connectivity index (χ0) is 17.1. The van der Waals surface area contributed by atoms with Crippen molar-refractivity contribution in [1.82, 2.24) is 0 Å². The van der Waals surface area contributed by atoms with Crippen molar-refractivity contribution in [3.63, 3.8) is 0 Å². The molecule has 0 aliphatic heterocycles. The first-order valence-corrected chi connectivity index (χ1v) is 11.3. The van der Waals surface area contributed by atoms with Crippen LogP contribution in [0.15, 0.2) is 0 Å². The van der Waals surface area contributed by atoms with E-state index in [1.54, 1.807) is 0 Å². The van der Waals surface area contributed by atoms with E-state index in [-0.39, 0.29) is 11.5 Å². The van der Waals surface area contributed by atoms with Crippen LogP contribution in [0, 0.1) is 40.4 Å². The predicted molar refractivity (Wildman–Crippen MR) is 100 cm³/mol. The number of hydrogen-bond donors (Lipinski definition) is 1. The molecule has 0 amide bonds. The third-order valence-electron chi connectivity index (χ3n) is 9.16. The predicted octanol–water partition coefficient (Wildman–Crippen LogP) is 4.97. The SMILES string of the molecule is C[C@]12CC[C@@H](O)C[C@@H]1CC[C@@H]1[C@@H]2CC[C@]2(C)[C@@H](C(=O)CBr)CC[C@@H]12. The van der Waals surface area contributed by atoms with E-state index in [2.05, 4.69) is 29.8 Å². The van der Waals surface area contributed by atoms with Gasteiger partial charge in [-0.2, -0.15) is 0 Å². The molecule has 2 nitrogen and oxygen atoms in total. The van der Waals surface area contributed by atoms with Crippen LogP contribution in [0.4, 0.5) is 0 Å². The second-order valence-corrected chi connectivity index (χ2v) is 10.4. The maximum atomic E-state index is 12.5. The van der Waals surface area contributed by atoms with Crippen molar-refractivity contribution in [3.8, 4) is 0 Å². The molecule has 136 valence electrons. The van der Waals surface area contributed by atoms with Gasteiger partial charge in [-0.25, -0.2) is 0 Å². The van der Waals surface area contributed by atoms with Crippen molar-refractivity contribution in [2.75, 3.05) is 5.33 Å². The summed E-state index contributed by atoms with van der Waals surface area (Å²) >= 11 is 3.42. The maximum absolute atomic E-state index is 12.5. The molecular formula is C21H33BrO2. The molecule has 0 aromatic heterocycles. The Balaban J connectivity index is 1.60. The largest absolute Gasteiger partial charge is 0.393 e. The lowest BCUT2D eigenvalue weighted by atomic mass is 9.44. The average Bonchev–Trinajstić information content (AvgIpc) is 2.92. The van der Waals surface area contributed by atoms with Crippen LogP contribution in [0.25, 0.3) is 0 Å². The fraction of sp³-hybridized carbons (Fsp3) is 0.952. The van der Waals surface area contributed by atoms with Crippen LogP contribution in [0.5, 0.6) is 0 Å². The summed E-state index contributed by atoms with van der Waals surface area (Å²) in [6.07, 6.45) is 10.8. The van der Waals surface area contributed by atoms with Gasteiger partial charge in [0.25, 0.3) is 0 Å². The quantitative estimate of drug-likeness (QED) is 0.668. The summed E-state index contributed by atoms with van der Waals surface area (Å²) in [5.41, 5.74) is 0.699. The lowest BCUT2D eigenvalue weighted by Gasteiger charge is -2.60. The summed E-state index contributed by atoms with van der Waals surface area (Å²) in [7, 11) is 0. The summed E-state index contributed by atoms with van der Waals surface area (Å²) in [5.74, 6) is 3.88. The Morgan fingerprint density at radius 1 is 1.00 bits per heavy atom. The number of rotatable bonds is 2. The number of aliphatic hydroxyl groups excluding tert-OH is 1. The van der Waals surface area contributed by atoms with E-state index in [0.717, 1.165) is 42.9 Å². The van der Waals surface area contributed by atoms with Crippen molar-refractivity contribution in [1.29, 1.82) is 0 Å². The molecule has 0 radical (unpaired) electrons.